The second kappa shape index (κ2) is 10.2. The minimum Gasteiger partial charge on any atom is -0.492 e. The molecule has 6 rings (SSSR count). The van der Waals surface area contributed by atoms with Gasteiger partial charge in [-0.15, -0.1) is 11.3 Å². The van der Waals surface area contributed by atoms with E-state index >= 15 is 4.39 Å². The number of nitrogens with one attached hydrogen (secondary N) is 1. The van der Waals surface area contributed by atoms with Crippen LogP contribution < -0.4 is 14.8 Å². The van der Waals surface area contributed by atoms with Gasteiger partial charge < -0.3 is 14.2 Å². The van der Waals surface area contributed by atoms with E-state index in [0.29, 0.717) is 56.9 Å². The van der Waals surface area contributed by atoms with Crippen molar-refractivity contribution < 1.29 is 23.4 Å². The molecule has 2 aromatic carbocycles. The summed E-state index contributed by atoms with van der Waals surface area (Å²) in [6, 6.07) is 6.86. The predicted molar refractivity (Wildman–Crippen MR) is 146 cm³/mol. The molecule has 0 bridgehead atoms. The first-order valence-electron chi connectivity index (χ1n) is 12.1. The van der Waals surface area contributed by atoms with Crippen molar-refractivity contribution in [2.24, 2.45) is 0 Å². The van der Waals surface area contributed by atoms with Gasteiger partial charge >= 0.3 is 6.09 Å². The van der Waals surface area contributed by atoms with E-state index in [-0.39, 0.29) is 12.4 Å². The van der Waals surface area contributed by atoms with Crippen molar-refractivity contribution in [2.45, 2.75) is 26.4 Å². The van der Waals surface area contributed by atoms with Gasteiger partial charge in [-0.2, -0.15) is 0 Å². The van der Waals surface area contributed by atoms with Crippen LogP contribution in [-0.2, 0) is 11.2 Å². The minimum absolute atomic E-state index is 0.0646. The van der Waals surface area contributed by atoms with Crippen LogP contribution in [0.4, 0.5) is 14.9 Å². The minimum atomic E-state index is -0.680. The van der Waals surface area contributed by atoms with Crippen LogP contribution in [0.1, 0.15) is 18.3 Å². The van der Waals surface area contributed by atoms with Crippen LogP contribution in [0, 0.1) is 12.7 Å². The van der Waals surface area contributed by atoms with E-state index in [1.807, 2.05) is 19.1 Å². The van der Waals surface area contributed by atoms with Crippen LogP contribution in [0.2, 0.25) is 5.02 Å². The van der Waals surface area contributed by atoms with Crippen LogP contribution in [0.25, 0.3) is 31.7 Å². The predicted octanol–water partition coefficient (Wildman–Crippen LogP) is 6.35. The number of carbonyl (C=O) groups is 1. The number of halogens is 2. The summed E-state index contributed by atoms with van der Waals surface area (Å²) in [5.41, 5.74) is 3.06. The Hall–Kier alpha value is -4.09. The van der Waals surface area contributed by atoms with E-state index in [4.69, 9.17) is 30.8 Å². The van der Waals surface area contributed by atoms with E-state index in [0.717, 1.165) is 15.6 Å². The zero-order valence-electron chi connectivity index (χ0n) is 20.8. The highest BCUT2D eigenvalue weighted by Crippen LogP contribution is 2.43. The van der Waals surface area contributed by atoms with Crippen LogP contribution in [0.3, 0.4) is 0 Å². The maximum atomic E-state index is 15.0. The first-order chi connectivity index (χ1) is 18.9. The van der Waals surface area contributed by atoms with Gasteiger partial charge in [0.05, 0.1) is 46.6 Å². The molecule has 9 nitrogen and oxygen atoms in total. The summed E-state index contributed by atoms with van der Waals surface area (Å²) < 4.78 is 32.5. The summed E-state index contributed by atoms with van der Waals surface area (Å²) in [4.78, 5) is 29.5. The van der Waals surface area contributed by atoms with Crippen molar-refractivity contribution in [1.82, 2.24) is 19.9 Å². The summed E-state index contributed by atoms with van der Waals surface area (Å²) in [6.45, 7) is 4.11. The number of hydrogen-bond acceptors (Lipinski definition) is 9. The van der Waals surface area contributed by atoms with Crippen LogP contribution in [0.5, 0.6) is 11.5 Å². The van der Waals surface area contributed by atoms with Crippen LogP contribution in [-0.4, -0.2) is 45.3 Å². The molecule has 1 atom stereocenters. The number of thiazole rings is 1. The van der Waals surface area contributed by atoms with Gasteiger partial charge in [-0.1, -0.05) is 11.6 Å². The van der Waals surface area contributed by atoms with Crippen molar-refractivity contribution in [3.63, 3.8) is 0 Å². The third kappa shape index (κ3) is 5.02. The summed E-state index contributed by atoms with van der Waals surface area (Å²) >= 11 is 7.84. The number of carbonyl (C=O) groups excluding carboxylic acids is 1. The van der Waals surface area contributed by atoms with Crippen molar-refractivity contribution in [3.8, 4) is 22.1 Å². The number of hydrogen-bond donors (Lipinski definition) is 1. The molecule has 0 fully saturated rings. The molecule has 1 amide bonds. The van der Waals surface area contributed by atoms with E-state index < -0.39 is 18.0 Å². The second-order valence-corrected chi connectivity index (χ2v) is 10.3. The lowest BCUT2D eigenvalue weighted by molar-refractivity contribution is 0.100. The molecule has 0 saturated heterocycles. The summed E-state index contributed by atoms with van der Waals surface area (Å²) in [6.07, 6.45) is 3.76. The molecule has 0 unspecified atom stereocenters. The molecule has 4 heterocycles. The number of aryl methyl sites for hydroxylation is 1. The average molecular weight is 566 g/mol. The Kier molecular flexibility index (Phi) is 6.61. The second-order valence-electron chi connectivity index (χ2n) is 8.85. The van der Waals surface area contributed by atoms with Gasteiger partial charge in [0, 0.05) is 34.0 Å². The highest BCUT2D eigenvalue weighted by Gasteiger charge is 2.31. The number of fused-ring (bicyclic) bond motifs is 4. The van der Waals surface area contributed by atoms with E-state index in [1.165, 1.54) is 29.8 Å². The SMILES string of the molecule is CCOc1cnc2c(-c3nc4cc(F)c5c(c4s3)C[C@H](COC(=O)Nc3cnc(C)nc3)O5)cc(Cl)cc2c1. The quantitative estimate of drug-likeness (QED) is 0.253. The number of ether oxygens (including phenoxy) is 3. The molecule has 12 heteroatoms. The number of aromatic nitrogens is 4. The number of rotatable bonds is 6. The molecule has 0 aliphatic carbocycles. The first kappa shape index (κ1) is 25.2. The van der Waals surface area contributed by atoms with Gasteiger partial charge in [0.25, 0.3) is 0 Å². The van der Waals surface area contributed by atoms with Crippen molar-refractivity contribution in [3.05, 3.63) is 65.1 Å². The summed E-state index contributed by atoms with van der Waals surface area (Å²) in [5.74, 6) is 0.859. The van der Waals surface area contributed by atoms with Gasteiger partial charge in [-0.05, 0) is 32.0 Å². The standard InChI is InChI=1S/C27H21ClFN5O4S/c1-3-36-17-5-14-4-15(28)6-19(23(14)32-11-17)26-34-22-8-21(29)24-20(25(22)39-26)7-18(38-24)12-37-27(35)33-16-9-30-13(2)31-10-16/h4-6,8-11,18H,3,7,12H2,1-2H3,(H,33,35)/t18-/m1/s1. The molecule has 0 radical (unpaired) electrons. The largest absolute Gasteiger partial charge is 0.492 e. The molecule has 0 spiro atoms. The number of amides is 1. The van der Waals surface area contributed by atoms with Crippen LogP contribution >= 0.6 is 22.9 Å². The van der Waals surface area contributed by atoms with Crippen LogP contribution in [0.15, 0.2) is 42.9 Å². The zero-order chi connectivity index (χ0) is 27.1. The van der Waals surface area contributed by atoms with Crippen molar-refractivity contribution >= 4 is 55.8 Å². The molecular formula is C27H21ClFN5O4S. The number of pyridine rings is 1. The van der Waals surface area contributed by atoms with Crippen molar-refractivity contribution in [1.29, 1.82) is 0 Å². The summed E-state index contributed by atoms with van der Waals surface area (Å²) in [5, 5.41) is 4.55. The van der Waals surface area contributed by atoms with Crippen molar-refractivity contribution in [2.75, 3.05) is 18.5 Å². The maximum absolute atomic E-state index is 15.0. The molecule has 1 aliphatic rings. The molecule has 198 valence electrons. The normalized spacial score (nSPS) is 14.3. The zero-order valence-corrected chi connectivity index (χ0v) is 22.4. The Balaban J connectivity index is 1.25. The van der Waals surface area contributed by atoms with E-state index in [2.05, 4.69) is 20.3 Å². The van der Waals surface area contributed by atoms with Gasteiger partial charge in [-0.25, -0.2) is 24.1 Å². The topological polar surface area (TPSA) is 108 Å². The summed E-state index contributed by atoms with van der Waals surface area (Å²) in [7, 11) is 0. The highest BCUT2D eigenvalue weighted by atomic mass is 35.5. The Morgan fingerprint density at radius 1 is 1.21 bits per heavy atom. The fourth-order valence-corrected chi connectivity index (χ4v) is 5.76. The lowest BCUT2D eigenvalue weighted by Gasteiger charge is -2.12. The lowest BCUT2D eigenvalue weighted by Crippen LogP contribution is -2.25. The molecule has 1 N–H and O–H groups in total. The molecular weight excluding hydrogens is 545 g/mol. The van der Waals surface area contributed by atoms with Gasteiger partial charge in [0.2, 0.25) is 0 Å². The van der Waals surface area contributed by atoms with Gasteiger partial charge in [0.1, 0.15) is 29.3 Å². The third-order valence-corrected chi connectivity index (χ3v) is 7.47. The Bertz CT molecular complexity index is 1730. The fourth-order valence-electron chi connectivity index (χ4n) is 4.42. The number of benzene rings is 2. The highest BCUT2D eigenvalue weighted by molar-refractivity contribution is 7.22. The molecule has 0 saturated carbocycles. The Morgan fingerprint density at radius 3 is 2.82 bits per heavy atom. The number of anilines is 1. The lowest BCUT2D eigenvalue weighted by atomic mass is 10.1. The number of nitrogens with zero attached hydrogens (tertiary/aromatic N) is 4. The van der Waals surface area contributed by atoms with E-state index in [1.54, 1.807) is 19.2 Å². The fraction of sp³-hybridized carbons (Fsp3) is 0.222. The van der Waals surface area contributed by atoms with E-state index in [9.17, 15) is 4.79 Å². The monoisotopic (exact) mass is 565 g/mol. The molecule has 5 aromatic rings. The first-order valence-corrected chi connectivity index (χ1v) is 13.3. The smallest absolute Gasteiger partial charge is 0.411 e. The molecule has 1 aliphatic heterocycles. The van der Waals surface area contributed by atoms with Gasteiger partial charge in [0.15, 0.2) is 11.6 Å². The molecule has 3 aromatic heterocycles. The van der Waals surface area contributed by atoms with Gasteiger partial charge in [-0.3, -0.25) is 10.3 Å². The third-order valence-electron chi connectivity index (χ3n) is 6.09. The maximum Gasteiger partial charge on any atom is 0.411 e. The Labute approximate surface area is 230 Å². The molecule has 39 heavy (non-hydrogen) atoms. The Morgan fingerprint density at radius 2 is 2.03 bits per heavy atom. The average Bonchev–Trinajstić information content (AvgIpc) is 3.53.